The molecule has 1 heteroatoms. The lowest BCUT2D eigenvalue weighted by Crippen LogP contribution is -2.39. The zero-order valence-electron chi connectivity index (χ0n) is 10.0. The fourth-order valence-corrected chi connectivity index (χ4v) is 4.77. The average molecular weight is 207 g/mol. The second kappa shape index (κ2) is 4.08. The second-order valence-electron chi connectivity index (χ2n) is 6.07. The Kier molecular flexibility index (Phi) is 2.76. The van der Waals surface area contributed by atoms with Crippen LogP contribution >= 0.6 is 0 Å². The van der Waals surface area contributed by atoms with Crippen LogP contribution in [-0.2, 0) is 0 Å². The topological polar surface area (TPSA) is 12.0 Å². The largest absolute Gasteiger partial charge is 0.314 e. The molecule has 0 radical (unpaired) electrons. The summed E-state index contributed by atoms with van der Waals surface area (Å²) in [6, 6.07) is 0.904. The van der Waals surface area contributed by atoms with Crippen molar-refractivity contribution in [1.82, 2.24) is 5.32 Å². The minimum Gasteiger partial charge on any atom is -0.314 e. The molecule has 3 fully saturated rings. The standard InChI is InChI=1S/C14H25N/c1-2-3-7-15-14-9-10-8-13(14)12-6-4-5-11(10)12/h10-15H,2-9H2,1H3/t10-,11+,12-,13+,14-/m1/s1. The highest BCUT2D eigenvalue weighted by Crippen LogP contribution is 2.58. The molecule has 0 amide bonds. The lowest BCUT2D eigenvalue weighted by molar-refractivity contribution is 0.209. The van der Waals surface area contributed by atoms with E-state index in [9.17, 15) is 0 Å². The maximum absolute atomic E-state index is 3.83. The number of hydrogen-bond acceptors (Lipinski definition) is 1. The molecule has 1 N–H and O–H groups in total. The first kappa shape index (κ1) is 10.1. The summed E-state index contributed by atoms with van der Waals surface area (Å²) in [5.74, 6) is 4.46. The molecule has 0 saturated heterocycles. The molecule has 0 aromatic heterocycles. The van der Waals surface area contributed by atoms with Crippen LogP contribution in [0, 0.1) is 23.7 Å². The molecule has 2 bridgehead atoms. The summed E-state index contributed by atoms with van der Waals surface area (Å²) in [4.78, 5) is 0. The molecular weight excluding hydrogens is 182 g/mol. The van der Waals surface area contributed by atoms with Crippen LogP contribution in [0.2, 0.25) is 0 Å². The Labute approximate surface area is 94.0 Å². The van der Waals surface area contributed by atoms with Crippen molar-refractivity contribution in [2.75, 3.05) is 6.54 Å². The van der Waals surface area contributed by atoms with Crippen molar-refractivity contribution in [3.8, 4) is 0 Å². The molecule has 0 aromatic carbocycles. The van der Waals surface area contributed by atoms with Crippen LogP contribution in [0.1, 0.15) is 51.9 Å². The van der Waals surface area contributed by atoms with Gasteiger partial charge in [-0.1, -0.05) is 19.8 Å². The third kappa shape index (κ3) is 1.63. The van der Waals surface area contributed by atoms with Gasteiger partial charge >= 0.3 is 0 Å². The highest BCUT2D eigenvalue weighted by atomic mass is 14.9. The molecule has 0 spiro atoms. The van der Waals surface area contributed by atoms with E-state index in [4.69, 9.17) is 0 Å². The Morgan fingerprint density at radius 3 is 2.80 bits per heavy atom. The van der Waals surface area contributed by atoms with Crippen molar-refractivity contribution in [2.45, 2.75) is 57.9 Å². The lowest BCUT2D eigenvalue weighted by atomic mass is 9.79. The Balaban J connectivity index is 1.56. The quantitative estimate of drug-likeness (QED) is 0.698. The van der Waals surface area contributed by atoms with Gasteiger partial charge in [0.25, 0.3) is 0 Å². The number of fused-ring (bicyclic) bond motifs is 5. The molecule has 0 aliphatic heterocycles. The Morgan fingerprint density at radius 2 is 1.93 bits per heavy atom. The first-order chi connectivity index (χ1) is 7.40. The minimum atomic E-state index is 0.904. The van der Waals surface area contributed by atoms with E-state index in [2.05, 4.69) is 12.2 Å². The van der Waals surface area contributed by atoms with E-state index >= 15 is 0 Å². The van der Waals surface area contributed by atoms with Crippen LogP contribution in [-0.4, -0.2) is 12.6 Å². The number of nitrogens with one attached hydrogen (secondary N) is 1. The SMILES string of the molecule is CCCCN[C@@H]1C[C@H]2C[C@H]1[C@@H]1CCC[C@@H]21. The van der Waals surface area contributed by atoms with Gasteiger partial charge in [0.2, 0.25) is 0 Å². The van der Waals surface area contributed by atoms with Crippen molar-refractivity contribution in [3.63, 3.8) is 0 Å². The molecule has 5 atom stereocenters. The van der Waals surface area contributed by atoms with Gasteiger partial charge in [-0.2, -0.15) is 0 Å². The molecule has 86 valence electrons. The Bertz CT molecular complexity index is 225. The van der Waals surface area contributed by atoms with E-state index in [-0.39, 0.29) is 0 Å². The molecule has 3 aliphatic carbocycles. The van der Waals surface area contributed by atoms with Gasteiger partial charge in [-0.15, -0.1) is 0 Å². The van der Waals surface area contributed by atoms with Crippen molar-refractivity contribution < 1.29 is 0 Å². The molecule has 15 heavy (non-hydrogen) atoms. The van der Waals surface area contributed by atoms with Crippen LogP contribution in [0.15, 0.2) is 0 Å². The van der Waals surface area contributed by atoms with Gasteiger partial charge in [0.15, 0.2) is 0 Å². The van der Waals surface area contributed by atoms with E-state index in [0.717, 1.165) is 29.7 Å². The monoisotopic (exact) mass is 207 g/mol. The fraction of sp³-hybridized carbons (Fsp3) is 1.00. The molecule has 1 nitrogen and oxygen atoms in total. The highest BCUT2D eigenvalue weighted by molar-refractivity contribution is 5.05. The van der Waals surface area contributed by atoms with E-state index < -0.39 is 0 Å². The summed E-state index contributed by atoms with van der Waals surface area (Å²) in [6.45, 7) is 3.55. The number of rotatable bonds is 4. The third-order valence-corrected chi connectivity index (χ3v) is 5.37. The second-order valence-corrected chi connectivity index (χ2v) is 6.07. The smallest absolute Gasteiger partial charge is 0.0101 e. The third-order valence-electron chi connectivity index (χ3n) is 5.37. The fourth-order valence-electron chi connectivity index (χ4n) is 4.77. The van der Waals surface area contributed by atoms with Gasteiger partial charge in [0.05, 0.1) is 0 Å². The number of unbranched alkanes of at least 4 members (excludes halogenated alkanes) is 1. The van der Waals surface area contributed by atoms with Gasteiger partial charge in [0.1, 0.15) is 0 Å². The molecule has 3 aliphatic rings. The summed E-state index contributed by atoms with van der Waals surface area (Å²) < 4.78 is 0. The van der Waals surface area contributed by atoms with Crippen LogP contribution in [0.25, 0.3) is 0 Å². The van der Waals surface area contributed by atoms with E-state index in [0.29, 0.717) is 0 Å². The van der Waals surface area contributed by atoms with Crippen molar-refractivity contribution in [2.24, 2.45) is 23.7 Å². The van der Waals surface area contributed by atoms with Gasteiger partial charge in [-0.05, 0) is 62.3 Å². The first-order valence-corrected chi connectivity index (χ1v) is 7.13. The maximum atomic E-state index is 3.83. The Morgan fingerprint density at radius 1 is 1.07 bits per heavy atom. The highest BCUT2D eigenvalue weighted by Gasteiger charge is 2.53. The van der Waals surface area contributed by atoms with Crippen LogP contribution in [0.4, 0.5) is 0 Å². The number of hydrogen-bond donors (Lipinski definition) is 1. The van der Waals surface area contributed by atoms with E-state index in [1.807, 2.05) is 0 Å². The van der Waals surface area contributed by atoms with Gasteiger partial charge in [-0.25, -0.2) is 0 Å². The molecule has 0 unspecified atom stereocenters. The van der Waals surface area contributed by atoms with E-state index in [1.165, 1.54) is 32.2 Å². The summed E-state index contributed by atoms with van der Waals surface area (Å²) in [7, 11) is 0. The van der Waals surface area contributed by atoms with Crippen LogP contribution < -0.4 is 5.32 Å². The zero-order chi connectivity index (χ0) is 10.3. The summed E-state index contributed by atoms with van der Waals surface area (Å²) in [6.07, 6.45) is 10.4. The molecular formula is C14H25N. The molecule has 0 heterocycles. The maximum Gasteiger partial charge on any atom is 0.0101 e. The van der Waals surface area contributed by atoms with Crippen molar-refractivity contribution >= 4 is 0 Å². The zero-order valence-corrected chi connectivity index (χ0v) is 10.0. The molecule has 3 saturated carbocycles. The average Bonchev–Trinajstić information content (AvgIpc) is 2.89. The normalized spacial score (nSPS) is 47.4. The predicted molar refractivity (Wildman–Crippen MR) is 63.7 cm³/mol. The Hall–Kier alpha value is -0.0400. The van der Waals surface area contributed by atoms with Gasteiger partial charge < -0.3 is 5.32 Å². The minimum absolute atomic E-state index is 0.904. The van der Waals surface area contributed by atoms with Gasteiger partial charge in [0, 0.05) is 6.04 Å². The summed E-state index contributed by atoms with van der Waals surface area (Å²) in [5, 5.41) is 3.83. The van der Waals surface area contributed by atoms with Crippen LogP contribution in [0.5, 0.6) is 0 Å². The van der Waals surface area contributed by atoms with Crippen molar-refractivity contribution in [3.05, 3.63) is 0 Å². The lowest BCUT2D eigenvalue weighted by Gasteiger charge is -2.32. The predicted octanol–water partition coefficient (Wildman–Crippen LogP) is 3.20. The molecule has 0 aromatic rings. The summed E-state index contributed by atoms with van der Waals surface area (Å²) >= 11 is 0. The van der Waals surface area contributed by atoms with Gasteiger partial charge in [-0.3, -0.25) is 0 Å². The van der Waals surface area contributed by atoms with Crippen LogP contribution in [0.3, 0.4) is 0 Å². The van der Waals surface area contributed by atoms with E-state index in [1.54, 1.807) is 19.3 Å². The summed E-state index contributed by atoms with van der Waals surface area (Å²) in [5.41, 5.74) is 0. The first-order valence-electron chi connectivity index (χ1n) is 7.13. The van der Waals surface area contributed by atoms with Crippen molar-refractivity contribution in [1.29, 1.82) is 0 Å². The molecule has 3 rings (SSSR count).